The van der Waals surface area contributed by atoms with Crippen LogP contribution < -0.4 is 5.32 Å². The molecule has 2 unspecified atom stereocenters. The van der Waals surface area contributed by atoms with E-state index in [4.69, 9.17) is 0 Å². The highest BCUT2D eigenvalue weighted by atomic mass is 15.2. The van der Waals surface area contributed by atoms with E-state index in [1.165, 1.54) is 11.1 Å². The zero-order valence-electron chi connectivity index (χ0n) is 14.7. The normalized spacial score (nSPS) is 14.7. The summed E-state index contributed by atoms with van der Waals surface area (Å²) in [4.78, 5) is 4.68. The van der Waals surface area contributed by atoms with Crippen molar-refractivity contribution in [1.29, 1.82) is 0 Å². The lowest BCUT2D eigenvalue weighted by Crippen LogP contribution is -2.43. The van der Waals surface area contributed by atoms with Crippen molar-refractivity contribution >= 4 is 0 Å². The first-order valence-corrected chi connectivity index (χ1v) is 8.16. The smallest absolute Gasteiger partial charge is 0.0475 e. The predicted octanol–water partition coefficient (Wildman–Crippen LogP) is 2.78. The minimum Gasteiger partial charge on any atom is -0.309 e. The van der Waals surface area contributed by atoms with E-state index in [1.807, 2.05) is 0 Å². The van der Waals surface area contributed by atoms with E-state index in [9.17, 15) is 0 Å². The van der Waals surface area contributed by atoms with Crippen molar-refractivity contribution in [3.63, 3.8) is 0 Å². The fourth-order valence-corrected chi connectivity index (χ4v) is 2.56. The fourth-order valence-electron chi connectivity index (χ4n) is 2.56. The van der Waals surface area contributed by atoms with Crippen LogP contribution >= 0.6 is 0 Å². The summed E-state index contributed by atoms with van der Waals surface area (Å²) in [6.45, 7) is 9.87. The molecule has 2 atom stereocenters. The molecule has 0 aliphatic heterocycles. The van der Waals surface area contributed by atoms with Crippen LogP contribution in [0.4, 0.5) is 0 Å². The second-order valence-electron chi connectivity index (χ2n) is 6.15. The molecule has 3 heteroatoms. The van der Waals surface area contributed by atoms with Crippen LogP contribution in [-0.2, 0) is 6.42 Å². The minimum atomic E-state index is 0.382. The first kappa shape index (κ1) is 18.1. The molecule has 0 aromatic heterocycles. The fraction of sp³-hybridized carbons (Fsp3) is 0.667. The molecular weight excluding hydrogens is 258 g/mol. The molecule has 0 amide bonds. The summed E-state index contributed by atoms with van der Waals surface area (Å²) in [5, 5.41) is 3.65. The summed E-state index contributed by atoms with van der Waals surface area (Å²) in [6.07, 6.45) is 1.10. The highest BCUT2D eigenvalue weighted by Crippen LogP contribution is 2.21. The number of nitrogens with zero attached hydrogens (tertiary/aromatic N) is 2. The topological polar surface area (TPSA) is 18.5 Å². The van der Waals surface area contributed by atoms with Crippen molar-refractivity contribution in [3.05, 3.63) is 35.4 Å². The van der Waals surface area contributed by atoms with Crippen LogP contribution in [0.5, 0.6) is 0 Å². The summed E-state index contributed by atoms with van der Waals surface area (Å²) < 4.78 is 0. The highest BCUT2D eigenvalue weighted by Gasteiger charge is 2.21. The van der Waals surface area contributed by atoms with Crippen LogP contribution in [-0.4, -0.2) is 56.6 Å². The van der Waals surface area contributed by atoms with E-state index in [2.05, 4.69) is 81.3 Å². The average molecular weight is 291 g/mol. The van der Waals surface area contributed by atoms with Gasteiger partial charge in [0, 0.05) is 25.2 Å². The maximum absolute atomic E-state index is 3.65. The Bertz CT molecular complexity index is 386. The number of aryl methyl sites for hydroxylation is 1. The summed E-state index contributed by atoms with van der Waals surface area (Å²) in [5.74, 6) is 0. The molecule has 0 saturated heterocycles. The summed E-state index contributed by atoms with van der Waals surface area (Å²) in [6, 6.07) is 9.93. The van der Waals surface area contributed by atoms with Crippen molar-refractivity contribution in [2.75, 3.05) is 40.8 Å². The second-order valence-corrected chi connectivity index (χ2v) is 6.15. The lowest BCUT2D eigenvalue weighted by atomic mass is 9.97. The van der Waals surface area contributed by atoms with Crippen molar-refractivity contribution in [1.82, 2.24) is 15.1 Å². The lowest BCUT2D eigenvalue weighted by Gasteiger charge is -2.33. The molecule has 1 aromatic rings. The number of hydrogen-bond acceptors (Lipinski definition) is 3. The molecule has 0 bridgehead atoms. The predicted molar refractivity (Wildman–Crippen MR) is 92.9 cm³/mol. The molecule has 0 heterocycles. The van der Waals surface area contributed by atoms with E-state index in [1.54, 1.807) is 0 Å². The largest absolute Gasteiger partial charge is 0.309 e. The summed E-state index contributed by atoms with van der Waals surface area (Å²) in [5.41, 5.74) is 2.79. The van der Waals surface area contributed by atoms with Gasteiger partial charge in [-0.05, 0) is 52.2 Å². The summed E-state index contributed by atoms with van der Waals surface area (Å²) >= 11 is 0. The van der Waals surface area contributed by atoms with Gasteiger partial charge in [0.05, 0.1) is 0 Å². The molecular formula is C18H33N3. The van der Waals surface area contributed by atoms with E-state index in [0.29, 0.717) is 12.1 Å². The first-order valence-electron chi connectivity index (χ1n) is 8.16. The van der Waals surface area contributed by atoms with Gasteiger partial charge in [0.15, 0.2) is 0 Å². The molecule has 0 aliphatic carbocycles. The van der Waals surface area contributed by atoms with Gasteiger partial charge >= 0.3 is 0 Å². The van der Waals surface area contributed by atoms with Gasteiger partial charge in [-0.2, -0.15) is 0 Å². The number of nitrogens with one attached hydrogen (secondary N) is 1. The number of hydrogen-bond donors (Lipinski definition) is 1. The maximum atomic E-state index is 3.65. The van der Waals surface area contributed by atoms with Gasteiger partial charge in [0.2, 0.25) is 0 Å². The van der Waals surface area contributed by atoms with Crippen LogP contribution in [0.15, 0.2) is 24.3 Å². The lowest BCUT2D eigenvalue weighted by molar-refractivity contribution is 0.190. The number of rotatable bonds is 9. The third-order valence-electron chi connectivity index (χ3n) is 4.25. The molecule has 0 radical (unpaired) electrons. The SMILES string of the molecule is CCNC(c1ccc(CC)cc1)C(C)N(C)CCN(C)C. The third kappa shape index (κ3) is 5.77. The van der Waals surface area contributed by atoms with E-state index < -0.39 is 0 Å². The van der Waals surface area contributed by atoms with Crippen molar-refractivity contribution in [2.45, 2.75) is 39.3 Å². The number of likely N-dealkylation sites (N-methyl/N-ethyl adjacent to an activating group) is 3. The molecule has 0 aliphatic rings. The van der Waals surface area contributed by atoms with Crippen LogP contribution in [0.2, 0.25) is 0 Å². The zero-order chi connectivity index (χ0) is 15.8. The third-order valence-corrected chi connectivity index (χ3v) is 4.25. The Morgan fingerprint density at radius 1 is 1.00 bits per heavy atom. The van der Waals surface area contributed by atoms with E-state index in [-0.39, 0.29) is 0 Å². The Morgan fingerprint density at radius 3 is 2.10 bits per heavy atom. The Labute approximate surface area is 131 Å². The monoisotopic (exact) mass is 291 g/mol. The van der Waals surface area contributed by atoms with E-state index in [0.717, 1.165) is 26.1 Å². The first-order chi connectivity index (χ1) is 9.99. The van der Waals surface area contributed by atoms with Gasteiger partial charge in [0.1, 0.15) is 0 Å². The van der Waals surface area contributed by atoms with Crippen molar-refractivity contribution < 1.29 is 0 Å². The maximum Gasteiger partial charge on any atom is 0.0475 e. The Kier molecular flexibility index (Phi) is 7.94. The van der Waals surface area contributed by atoms with Crippen molar-refractivity contribution in [3.8, 4) is 0 Å². The van der Waals surface area contributed by atoms with Crippen LogP contribution in [0, 0.1) is 0 Å². The molecule has 120 valence electrons. The highest BCUT2D eigenvalue weighted by molar-refractivity contribution is 5.26. The van der Waals surface area contributed by atoms with Crippen molar-refractivity contribution in [2.24, 2.45) is 0 Å². The van der Waals surface area contributed by atoms with Gasteiger partial charge < -0.3 is 15.1 Å². The van der Waals surface area contributed by atoms with Crippen LogP contribution in [0.1, 0.15) is 37.9 Å². The van der Waals surface area contributed by atoms with E-state index >= 15 is 0 Å². The molecule has 1 rings (SSSR count). The quantitative estimate of drug-likeness (QED) is 0.755. The molecule has 3 nitrogen and oxygen atoms in total. The van der Waals surface area contributed by atoms with Gasteiger partial charge in [-0.3, -0.25) is 0 Å². The van der Waals surface area contributed by atoms with Gasteiger partial charge in [0.25, 0.3) is 0 Å². The zero-order valence-corrected chi connectivity index (χ0v) is 14.7. The van der Waals surface area contributed by atoms with Gasteiger partial charge in [-0.25, -0.2) is 0 Å². The number of benzene rings is 1. The van der Waals surface area contributed by atoms with Crippen LogP contribution in [0.25, 0.3) is 0 Å². The average Bonchev–Trinajstić information content (AvgIpc) is 2.49. The van der Waals surface area contributed by atoms with Crippen LogP contribution in [0.3, 0.4) is 0 Å². The molecule has 1 N–H and O–H groups in total. The molecule has 21 heavy (non-hydrogen) atoms. The molecule has 0 fully saturated rings. The molecule has 0 spiro atoms. The molecule has 0 saturated carbocycles. The second kappa shape index (κ2) is 9.19. The Morgan fingerprint density at radius 2 is 1.62 bits per heavy atom. The Hall–Kier alpha value is -0.900. The molecule has 1 aromatic carbocycles. The Balaban J connectivity index is 2.78. The minimum absolute atomic E-state index is 0.382. The summed E-state index contributed by atoms with van der Waals surface area (Å²) in [7, 11) is 6.48. The standard InChI is InChI=1S/C18H33N3/c1-7-16-9-11-17(12-10-16)18(19-8-2)15(3)21(6)14-13-20(4)5/h9-12,15,18-19H,7-8,13-14H2,1-6H3. The van der Waals surface area contributed by atoms with Gasteiger partial charge in [-0.1, -0.05) is 38.1 Å². The van der Waals surface area contributed by atoms with Gasteiger partial charge in [-0.15, -0.1) is 0 Å².